The highest BCUT2D eigenvalue weighted by atomic mass is 35.5. The van der Waals surface area contributed by atoms with E-state index in [-0.39, 0.29) is 20.8 Å². The number of nitrogens with zero attached hydrogens (tertiary/aromatic N) is 4. The number of benzene rings is 2. The van der Waals surface area contributed by atoms with Crippen LogP contribution in [0.25, 0.3) is 11.3 Å². The number of amidine groups is 1. The fourth-order valence-electron chi connectivity index (χ4n) is 3.30. The SMILES string of the molecule is N=CS/C(N)=N\Sc1cc(Cl)c(Oc2ccc(Cl)cc2-c2ccnc(N3CCNCC3)n2)cc1F.O=C(OF)C(F)(F)F. The van der Waals surface area contributed by atoms with E-state index in [9.17, 15) is 22.1 Å². The molecule has 2 heterocycles. The quantitative estimate of drug-likeness (QED) is 0.111. The average molecular weight is 685 g/mol. The van der Waals surface area contributed by atoms with Gasteiger partial charge in [-0.15, -0.1) is 0 Å². The van der Waals surface area contributed by atoms with Crippen molar-refractivity contribution in [3.8, 4) is 22.8 Å². The third-order valence-electron chi connectivity index (χ3n) is 5.18. The Labute approximate surface area is 259 Å². The largest absolute Gasteiger partial charge is 0.494 e. The molecule has 4 rings (SSSR count). The summed E-state index contributed by atoms with van der Waals surface area (Å²) in [5.41, 5.74) is 7.90. The minimum Gasteiger partial charge on any atom is -0.455 e. The molecule has 0 saturated carbocycles. The molecule has 3 aromatic rings. The molecular formula is C24H20Cl2F5N7O3S2. The highest BCUT2D eigenvalue weighted by Gasteiger charge is 2.42. The number of anilines is 1. The van der Waals surface area contributed by atoms with Gasteiger partial charge in [-0.1, -0.05) is 23.2 Å². The van der Waals surface area contributed by atoms with Gasteiger partial charge in [0.15, 0.2) is 5.17 Å². The first-order valence-electron chi connectivity index (χ1n) is 11.7. The molecule has 0 atom stereocenters. The molecule has 1 aliphatic rings. The van der Waals surface area contributed by atoms with Crippen molar-refractivity contribution in [3.63, 3.8) is 0 Å². The van der Waals surface area contributed by atoms with Gasteiger partial charge in [0.2, 0.25) is 5.95 Å². The topological polar surface area (TPSA) is 139 Å². The number of carbonyl (C=O) groups excluding carboxylic acids is 1. The van der Waals surface area contributed by atoms with E-state index in [0.29, 0.717) is 28.0 Å². The van der Waals surface area contributed by atoms with Gasteiger partial charge in [-0.2, -0.15) is 17.6 Å². The molecule has 1 aromatic heterocycles. The molecule has 0 radical (unpaired) electrons. The van der Waals surface area contributed by atoms with Gasteiger partial charge in [-0.3, -0.25) is 0 Å². The van der Waals surface area contributed by atoms with E-state index in [2.05, 4.69) is 19.6 Å². The fraction of sp³-hybridized carbons (Fsp3) is 0.208. The summed E-state index contributed by atoms with van der Waals surface area (Å²) in [6.45, 7) is 3.32. The first-order valence-corrected chi connectivity index (χ1v) is 14.1. The molecular weight excluding hydrogens is 664 g/mol. The molecule has 0 spiro atoms. The molecule has 0 amide bonds. The zero-order valence-corrected chi connectivity index (χ0v) is 24.6. The van der Waals surface area contributed by atoms with Crippen LogP contribution in [0.15, 0.2) is 51.9 Å². The molecule has 1 aliphatic heterocycles. The van der Waals surface area contributed by atoms with Crippen LogP contribution >= 0.6 is 46.9 Å². The first-order chi connectivity index (χ1) is 20.4. The van der Waals surface area contributed by atoms with Crippen molar-refractivity contribution in [2.24, 2.45) is 10.1 Å². The van der Waals surface area contributed by atoms with Crippen LogP contribution in [0.2, 0.25) is 10.0 Å². The minimum atomic E-state index is -5.23. The standard InChI is InChI=1S/C22H20Cl2FN7OS2.C2F4O2/c23-13-1-2-18(14(9-13)17-3-4-29-22(30-17)32-7-5-28-6-8-32)33-19-11-16(25)20(10-15(19)24)35-31-21(27)34-12-26;3-2(4,5)1(7)8-6/h1-4,9-12,26,28H,5-8H2,(H2,27,31);. The Morgan fingerprint density at radius 3 is 2.51 bits per heavy atom. The number of nitrogens with two attached hydrogens (primary N) is 1. The lowest BCUT2D eigenvalue weighted by molar-refractivity contribution is -0.234. The van der Waals surface area contributed by atoms with E-state index in [1.54, 1.807) is 30.5 Å². The lowest BCUT2D eigenvalue weighted by Gasteiger charge is -2.27. The zero-order chi connectivity index (χ0) is 31.6. The number of alkyl halides is 3. The third-order valence-corrected chi connectivity index (χ3v) is 7.08. The summed E-state index contributed by atoms with van der Waals surface area (Å²) in [4.78, 5) is 22.4. The van der Waals surface area contributed by atoms with E-state index in [4.69, 9.17) is 48.9 Å². The van der Waals surface area contributed by atoms with Crippen LogP contribution in [-0.2, 0) is 9.74 Å². The summed E-state index contributed by atoms with van der Waals surface area (Å²) in [5.74, 6) is -2.27. The van der Waals surface area contributed by atoms with Gasteiger partial charge >= 0.3 is 12.1 Å². The Morgan fingerprint density at radius 1 is 1.16 bits per heavy atom. The van der Waals surface area contributed by atoms with Crippen LogP contribution in [0.3, 0.4) is 0 Å². The number of ether oxygens (including phenoxy) is 1. The maximum atomic E-state index is 14.7. The number of thioether (sulfide) groups is 1. The highest BCUT2D eigenvalue weighted by molar-refractivity contribution is 8.25. The lowest BCUT2D eigenvalue weighted by atomic mass is 10.1. The Balaban J connectivity index is 0.000000557. The summed E-state index contributed by atoms with van der Waals surface area (Å²) in [5, 5.41) is 11.1. The van der Waals surface area contributed by atoms with E-state index in [1.165, 1.54) is 12.1 Å². The summed E-state index contributed by atoms with van der Waals surface area (Å²) < 4.78 is 67.2. The molecule has 10 nitrogen and oxygen atoms in total. The summed E-state index contributed by atoms with van der Waals surface area (Å²) in [6, 6.07) is 9.44. The number of nitrogens with one attached hydrogen (secondary N) is 2. The lowest BCUT2D eigenvalue weighted by Crippen LogP contribution is -2.44. The molecule has 1 saturated heterocycles. The van der Waals surface area contributed by atoms with Gasteiger partial charge in [0, 0.05) is 65.5 Å². The molecule has 0 aliphatic carbocycles. The van der Waals surface area contributed by atoms with Crippen molar-refractivity contribution in [1.82, 2.24) is 15.3 Å². The molecule has 2 aromatic carbocycles. The summed E-state index contributed by atoms with van der Waals surface area (Å²) in [7, 11) is 0. The summed E-state index contributed by atoms with van der Waals surface area (Å²) >= 11 is 14.4. The predicted octanol–water partition coefficient (Wildman–Crippen LogP) is 6.43. The van der Waals surface area contributed by atoms with Gasteiger partial charge < -0.3 is 26.1 Å². The van der Waals surface area contributed by atoms with Crippen LogP contribution < -0.4 is 20.7 Å². The van der Waals surface area contributed by atoms with Crippen molar-refractivity contribution in [1.29, 1.82) is 5.41 Å². The molecule has 0 bridgehead atoms. The third kappa shape index (κ3) is 10.1. The van der Waals surface area contributed by atoms with Crippen LogP contribution in [0.1, 0.15) is 0 Å². The van der Waals surface area contributed by atoms with Crippen LogP contribution in [0.4, 0.5) is 28.0 Å². The molecule has 1 fully saturated rings. The van der Waals surface area contributed by atoms with Gasteiger partial charge in [0.05, 0.1) is 21.2 Å². The molecule has 43 heavy (non-hydrogen) atoms. The second-order valence-corrected chi connectivity index (χ2v) is 10.6. The molecule has 4 N–H and O–H groups in total. The first kappa shape index (κ1) is 34.1. The normalized spacial score (nSPS) is 13.6. The van der Waals surface area contributed by atoms with Gasteiger partial charge in [-0.25, -0.2) is 24.1 Å². The smallest absolute Gasteiger partial charge is 0.455 e. The maximum absolute atomic E-state index is 14.7. The average Bonchev–Trinajstić information content (AvgIpc) is 2.99. The van der Waals surface area contributed by atoms with E-state index >= 15 is 0 Å². The second kappa shape index (κ2) is 15.9. The Hall–Kier alpha value is -3.38. The maximum Gasteiger partial charge on any atom is 0.494 e. The van der Waals surface area contributed by atoms with Gasteiger partial charge in [-0.05, 0) is 42.1 Å². The van der Waals surface area contributed by atoms with Crippen molar-refractivity contribution in [2.45, 2.75) is 11.1 Å². The predicted molar refractivity (Wildman–Crippen MR) is 156 cm³/mol. The number of carbonyl (C=O) groups is 1. The number of rotatable bonds is 7. The fourth-order valence-corrected chi connectivity index (χ4v) is 4.65. The minimum absolute atomic E-state index is 0.122. The Kier molecular flexibility index (Phi) is 12.6. The van der Waals surface area contributed by atoms with Gasteiger partial charge in [0.25, 0.3) is 0 Å². The van der Waals surface area contributed by atoms with Crippen molar-refractivity contribution < 1.29 is 36.6 Å². The van der Waals surface area contributed by atoms with Crippen molar-refractivity contribution in [2.75, 3.05) is 31.1 Å². The monoisotopic (exact) mass is 683 g/mol. The van der Waals surface area contributed by atoms with Crippen molar-refractivity contribution >= 4 is 69.5 Å². The Bertz CT molecular complexity index is 1480. The number of hydrogen-bond donors (Lipinski definition) is 3. The highest BCUT2D eigenvalue weighted by Crippen LogP contribution is 2.40. The second-order valence-electron chi connectivity index (χ2n) is 8.05. The van der Waals surface area contributed by atoms with E-state index < -0.39 is 18.0 Å². The number of halogens is 7. The zero-order valence-electron chi connectivity index (χ0n) is 21.5. The van der Waals surface area contributed by atoms with Crippen LogP contribution in [0, 0.1) is 11.2 Å². The summed E-state index contributed by atoms with van der Waals surface area (Å²) in [6.07, 6.45) is -3.54. The van der Waals surface area contributed by atoms with Crippen LogP contribution in [-0.4, -0.2) is 59.0 Å². The number of aromatic nitrogens is 2. The van der Waals surface area contributed by atoms with Gasteiger partial charge in [0.1, 0.15) is 17.3 Å². The number of hydrogen-bond acceptors (Lipinski definition) is 11. The van der Waals surface area contributed by atoms with Crippen LogP contribution in [0.5, 0.6) is 11.5 Å². The molecule has 19 heteroatoms. The van der Waals surface area contributed by atoms with Crippen molar-refractivity contribution in [3.05, 3.63) is 58.5 Å². The van der Waals surface area contributed by atoms with E-state index in [1.807, 2.05) is 4.94 Å². The molecule has 0 unspecified atom stereocenters. The Morgan fingerprint density at radius 2 is 1.88 bits per heavy atom. The number of piperazine rings is 1. The van der Waals surface area contributed by atoms with E-state index in [0.717, 1.165) is 55.4 Å². The molecule has 230 valence electrons.